The number of nitrogens with two attached hydrogens (primary N) is 1. The number of rotatable bonds is 11. The molecule has 234 valence electrons. The molecule has 0 bridgehead atoms. The summed E-state index contributed by atoms with van der Waals surface area (Å²) >= 11 is 0. The van der Waals surface area contributed by atoms with Crippen LogP contribution in [0, 0.1) is 11.8 Å². The molecule has 3 rings (SSSR count). The predicted octanol–water partition coefficient (Wildman–Crippen LogP) is 4.69. The molecule has 0 heterocycles. The Morgan fingerprint density at radius 3 is 2.22 bits per heavy atom. The van der Waals surface area contributed by atoms with Crippen molar-refractivity contribution in [2.24, 2.45) is 22.6 Å². The van der Waals surface area contributed by atoms with Gasteiger partial charge in [-0.25, -0.2) is 14.6 Å². The Kier molecular flexibility index (Phi) is 12.3. The summed E-state index contributed by atoms with van der Waals surface area (Å²) in [5, 5.41) is 9.17. The van der Waals surface area contributed by atoms with E-state index in [4.69, 9.17) is 20.2 Å². The van der Waals surface area contributed by atoms with Gasteiger partial charge in [0.05, 0.1) is 6.04 Å². The monoisotopic (exact) mass is 577 g/mol. The van der Waals surface area contributed by atoms with Crippen molar-refractivity contribution in [2.45, 2.75) is 154 Å². The van der Waals surface area contributed by atoms with Crippen LogP contribution in [0.25, 0.3) is 0 Å². The molecule has 0 spiro atoms. The minimum atomic E-state index is -1.17. The average molecular weight is 578 g/mol. The van der Waals surface area contributed by atoms with Gasteiger partial charge in [-0.15, -0.1) is 0 Å². The predicted molar refractivity (Wildman–Crippen MR) is 160 cm³/mol. The number of aliphatic imine (C=N–C) groups is 1. The topological polar surface area (TPSA) is 144 Å². The van der Waals surface area contributed by atoms with Crippen LogP contribution in [0.2, 0.25) is 0 Å². The summed E-state index contributed by atoms with van der Waals surface area (Å²) < 4.78 is 11.4. The molecule has 5 N–H and O–H groups in total. The molecule has 2 amide bonds. The number of carbonyl (C=O) groups excluding carboxylic acids is 3. The van der Waals surface area contributed by atoms with Crippen molar-refractivity contribution in [1.82, 2.24) is 16.0 Å². The van der Waals surface area contributed by atoms with Crippen LogP contribution >= 0.6 is 0 Å². The summed E-state index contributed by atoms with van der Waals surface area (Å²) in [4.78, 5) is 44.9. The highest BCUT2D eigenvalue weighted by molar-refractivity contribution is 5.99. The maximum absolute atomic E-state index is 13.9. The van der Waals surface area contributed by atoms with Gasteiger partial charge in [-0.2, -0.15) is 0 Å². The van der Waals surface area contributed by atoms with Crippen LogP contribution in [0.4, 0.5) is 4.79 Å². The van der Waals surface area contributed by atoms with Gasteiger partial charge in [-0.3, -0.25) is 4.79 Å². The van der Waals surface area contributed by atoms with Gasteiger partial charge in [-0.1, -0.05) is 52.4 Å². The van der Waals surface area contributed by atoms with E-state index >= 15 is 0 Å². The molecule has 0 saturated heterocycles. The lowest BCUT2D eigenvalue weighted by atomic mass is 9.95. The van der Waals surface area contributed by atoms with Crippen molar-refractivity contribution in [3.05, 3.63) is 0 Å². The van der Waals surface area contributed by atoms with Gasteiger partial charge in [0.15, 0.2) is 0 Å². The smallest absolute Gasteiger partial charge is 0.408 e. The quantitative estimate of drug-likeness (QED) is 0.158. The van der Waals surface area contributed by atoms with Crippen molar-refractivity contribution in [3.63, 3.8) is 0 Å². The maximum Gasteiger partial charge on any atom is 0.408 e. The molecule has 0 aliphatic heterocycles. The lowest BCUT2D eigenvalue weighted by Crippen LogP contribution is -2.55. The van der Waals surface area contributed by atoms with Crippen molar-refractivity contribution in [2.75, 3.05) is 6.54 Å². The Balaban J connectivity index is 1.78. The summed E-state index contributed by atoms with van der Waals surface area (Å²) in [5.41, 5.74) is 3.91. The van der Waals surface area contributed by atoms with Gasteiger partial charge in [0.25, 0.3) is 6.02 Å². The molecule has 3 fully saturated rings. The molecular formula is C31H55N5O5. The van der Waals surface area contributed by atoms with E-state index in [0.29, 0.717) is 25.8 Å². The van der Waals surface area contributed by atoms with Gasteiger partial charge in [0, 0.05) is 6.04 Å². The maximum atomic E-state index is 13.9. The molecule has 3 saturated carbocycles. The molecule has 0 aromatic heterocycles. The molecule has 3 atom stereocenters. The summed E-state index contributed by atoms with van der Waals surface area (Å²) in [6, 6.07) is -0.197. The van der Waals surface area contributed by atoms with Gasteiger partial charge >= 0.3 is 12.1 Å². The first-order valence-corrected chi connectivity index (χ1v) is 16.0. The number of hydrogen-bond donors (Lipinski definition) is 4. The van der Waals surface area contributed by atoms with Gasteiger partial charge in [0.1, 0.15) is 17.2 Å². The number of hydrogen-bond acceptors (Lipinski definition) is 7. The van der Waals surface area contributed by atoms with Crippen LogP contribution in [0.5, 0.6) is 0 Å². The van der Waals surface area contributed by atoms with E-state index < -0.39 is 35.2 Å². The molecular weight excluding hydrogens is 522 g/mol. The number of amidine groups is 1. The fraction of sp³-hybridized carbons (Fsp3) is 0.871. The standard InChI is InChI=1S/C31H55N5O5/c1-21(2)19-25(35-29(39)41-30(3,4)5)26(37)36-31(20-22(31)13-12-18-32)27(38)40-28(33-23-14-8-6-9-15-23)34-24-16-10-7-11-17-24/h21-25H,6-20,32H2,1-5H3,(H,33,34)(H,35,39)(H,36,37)/t22?,25-,31?/m0/s1. The first-order valence-electron chi connectivity index (χ1n) is 16.0. The minimum absolute atomic E-state index is 0.0886. The van der Waals surface area contributed by atoms with Crippen molar-refractivity contribution in [3.8, 4) is 0 Å². The van der Waals surface area contributed by atoms with Crippen LogP contribution in [-0.4, -0.2) is 59.8 Å². The van der Waals surface area contributed by atoms with Gasteiger partial charge < -0.3 is 31.2 Å². The second kappa shape index (κ2) is 15.2. The van der Waals surface area contributed by atoms with Gasteiger partial charge in [0.2, 0.25) is 5.91 Å². The molecule has 0 aromatic carbocycles. The molecule has 41 heavy (non-hydrogen) atoms. The zero-order chi connectivity index (χ0) is 30.0. The van der Waals surface area contributed by atoms with Crippen LogP contribution in [0.15, 0.2) is 4.99 Å². The molecule has 0 aromatic rings. The van der Waals surface area contributed by atoms with Crippen molar-refractivity contribution in [1.29, 1.82) is 0 Å². The second-order valence-electron chi connectivity index (χ2n) is 13.7. The molecule has 10 nitrogen and oxygen atoms in total. The zero-order valence-electron chi connectivity index (χ0n) is 26.1. The highest BCUT2D eigenvalue weighted by Crippen LogP contribution is 2.47. The van der Waals surface area contributed by atoms with E-state index in [0.717, 1.165) is 57.8 Å². The van der Waals surface area contributed by atoms with Crippen LogP contribution in [-0.2, 0) is 19.1 Å². The number of esters is 1. The second-order valence-corrected chi connectivity index (χ2v) is 13.7. The lowest BCUT2D eigenvalue weighted by Gasteiger charge is -2.28. The SMILES string of the molecule is CC(C)C[C@H](NC(=O)OC(C)(C)C)C(=O)NC1(C(=O)OC(=NC2CCCCC2)NC2CCCCC2)CC1CCCN. The molecule has 2 unspecified atom stereocenters. The molecule has 10 heteroatoms. The Hall–Kier alpha value is -2.36. The number of carbonyl (C=O) groups is 3. The third-order valence-electron chi connectivity index (χ3n) is 8.28. The summed E-state index contributed by atoms with van der Waals surface area (Å²) in [7, 11) is 0. The van der Waals surface area contributed by atoms with E-state index in [-0.39, 0.29) is 29.9 Å². The third kappa shape index (κ3) is 10.8. The summed E-state index contributed by atoms with van der Waals surface area (Å²) in [6.07, 6.45) is 12.7. The van der Waals surface area contributed by atoms with E-state index in [1.165, 1.54) is 12.8 Å². The van der Waals surface area contributed by atoms with E-state index in [2.05, 4.69) is 16.0 Å². The molecule has 0 radical (unpaired) electrons. The Labute approximate surface area is 246 Å². The van der Waals surface area contributed by atoms with Crippen molar-refractivity contribution >= 4 is 24.0 Å². The summed E-state index contributed by atoms with van der Waals surface area (Å²) in [5.74, 6) is -0.867. The Morgan fingerprint density at radius 2 is 1.63 bits per heavy atom. The molecule has 3 aliphatic carbocycles. The largest absolute Gasteiger partial charge is 0.444 e. The van der Waals surface area contributed by atoms with Crippen LogP contribution in [0.1, 0.15) is 125 Å². The highest BCUT2D eigenvalue weighted by Gasteiger charge is 2.62. The number of amides is 2. The normalized spacial score (nSPS) is 24.9. The number of alkyl carbamates (subject to hydrolysis) is 1. The van der Waals surface area contributed by atoms with Gasteiger partial charge in [-0.05, 0) is 90.5 Å². The third-order valence-corrected chi connectivity index (χ3v) is 8.28. The van der Waals surface area contributed by atoms with E-state index in [9.17, 15) is 14.4 Å². The fourth-order valence-electron chi connectivity index (χ4n) is 6.03. The van der Waals surface area contributed by atoms with E-state index in [1.807, 2.05) is 13.8 Å². The minimum Gasteiger partial charge on any atom is -0.444 e. The van der Waals surface area contributed by atoms with E-state index in [1.54, 1.807) is 20.8 Å². The highest BCUT2D eigenvalue weighted by atomic mass is 16.6. The molecule has 3 aliphatic rings. The summed E-state index contributed by atoms with van der Waals surface area (Å²) in [6.45, 7) is 9.78. The lowest BCUT2D eigenvalue weighted by molar-refractivity contribution is -0.143. The first-order chi connectivity index (χ1) is 19.4. The Morgan fingerprint density at radius 1 is 1.00 bits per heavy atom. The van der Waals surface area contributed by atoms with Crippen LogP contribution < -0.4 is 21.7 Å². The fourth-order valence-corrected chi connectivity index (χ4v) is 6.03. The average Bonchev–Trinajstić information content (AvgIpc) is 3.60. The Bertz CT molecular complexity index is 905. The number of nitrogens with zero attached hydrogens (tertiary/aromatic N) is 1. The zero-order valence-corrected chi connectivity index (χ0v) is 26.1. The van der Waals surface area contributed by atoms with Crippen molar-refractivity contribution < 1.29 is 23.9 Å². The first kappa shape index (κ1) is 33.1. The number of ether oxygens (including phenoxy) is 2. The van der Waals surface area contributed by atoms with Crippen LogP contribution in [0.3, 0.4) is 0 Å². The number of nitrogens with one attached hydrogen (secondary N) is 3.